The summed E-state index contributed by atoms with van der Waals surface area (Å²) >= 11 is 0. The molecule has 2 N–H and O–H groups in total. The molecule has 1 atom stereocenters. The second-order valence-corrected chi connectivity index (χ2v) is 9.34. The van der Waals surface area contributed by atoms with Gasteiger partial charge in [0.15, 0.2) is 11.6 Å². The van der Waals surface area contributed by atoms with Gasteiger partial charge in [-0.2, -0.15) is 10.1 Å². The number of rotatable bonds is 5. The van der Waals surface area contributed by atoms with Crippen LogP contribution in [0.4, 0.5) is 17.6 Å². The van der Waals surface area contributed by atoms with E-state index in [-0.39, 0.29) is 11.5 Å². The fourth-order valence-corrected chi connectivity index (χ4v) is 3.79. The highest BCUT2D eigenvalue weighted by atomic mass is 16.5. The van der Waals surface area contributed by atoms with Crippen LogP contribution in [0.25, 0.3) is 11.4 Å². The molecule has 1 fully saturated rings. The lowest BCUT2D eigenvalue weighted by Gasteiger charge is -2.39. The zero-order valence-corrected chi connectivity index (χ0v) is 19.4. The highest BCUT2D eigenvalue weighted by Gasteiger charge is 2.35. The van der Waals surface area contributed by atoms with Gasteiger partial charge in [0.2, 0.25) is 5.95 Å². The minimum Gasteiger partial charge on any atom is -0.358 e. The molecule has 0 amide bonds. The van der Waals surface area contributed by atoms with E-state index in [2.05, 4.69) is 61.3 Å². The Bertz CT molecular complexity index is 1290. The molecule has 4 aromatic rings. The summed E-state index contributed by atoms with van der Waals surface area (Å²) in [5, 5.41) is 15.0. The van der Waals surface area contributed by atoms with Crippen LogP contribution >= 0.6 is 0 Å². The van der Waals surface area contributed by atoms with E-state index in [4.69, 9.17) is 9.51 Å². The van der Waals surface area contributed by atoms with Crippen LogP contribution in [0.2, 0.25) is 0 Å². The first kappa shape index (κ1) is 21.0. The van der Waals surface area contributed by atoms with Crippen molar-refractivity contribution in [1.29, 1.82) is 0 Å². The normalized spacial score (nSPS) is 16.0. The average Bonchev–Trinajstić information content (AvgIpc) is 3.37. The summed E-state index contributed by atoms with van der Waals surface area (Å²) in [4.78, 5) is 20.2. The van der Waals surface area contributed by atoms with Crippen molar-refractivity contribution in [3.8, 4) is 11.4 Å². The number of hydrogen-bond donors (Lipinski definition) is 2. The highest BCUT2D eigenvalue weighted by Crippen LogP contribution is 2.38. The molecule has 1 aliphatic rings. The Morgan fingerprint density at radius 3 is 2.58 bits per heavy atom. The van der Waals surface area contributed by atoms with Crippen molar-refractivity contribution in [2.24, 2.45) is 0 Å². The molecular formula is C23H27N9O. The second-order valence-electron chi connectivity index (χ2n) is 9.34. The lowest BCUT2D eigenvalue weighted by molar-refractivity contribution is 0.315. The number of nitrogens with one attached hydrogen (secondary N) is 2. The Morgan fingerprint density at radius 1 is 1.06 bits per heavy atom. The Kier molecular flexibility index (Phi) is 5.07. The van der Waals surface area contributed by atoms with Crippen LogP contribution in [-0.2, 0) is 5.41 Å². The third kappa shape index (κ3) is 4.15. The largest absolute Gasteiger partial charge is 0.358 e. The van der Waals surface area contributed by atoms with Crippen molar-refractivity contribution in [3.05, 3.63) is 53.4 Å². The minimum atomic E-state index is -0.00959. The van der Waals surface area contributed by atoms with Crippen molar-refractivity contribution in [3.63, 3.8) is 0 Å². The van der Waals surface area contributed by atoms with Gasteiger partial charge in [-0.3, -0.25) is 15.1 Å². The second kappa shape index (κ2) is 7.95. The van der Waals surface area contributed by atoms with E-state index in [9.17, 15) is 0 Å². The van der Waals surface area contributed by atoms with Gasteiger partial charge in [0.05, 0.1) is 11.7 Å². The van der Waals surface area contributed by atoms with Gasteiger partial charge in [0, 0.05) is 53.9 Å². The van der Waals surface area contributed by atoms with Gasteiger partial charge in [0.25, 0.3) is 0 Å². The van der Waals surface area contributed by atoms with Crippen LogP contribution in [0.5, 0.6) is 0 Å². The molecule has 4 aromatic heterocycles. The van der Waals surface area contributed by atoms with E-state index in [0.29, 0.717) is 17.5 Å². The lowest BCUT2D eigenvalue weighted by Crippen LogP contribution is -2.42. The molecule has 0 radical (unpaired) electrons. The molecule has 0 saturated carbocycles. The van der Waals surface area contributed by atoms with Gasteiger partial charge >= 0.3 is 0 Å². The van der Waals surface area contributed by atoms with Crippen LogP contribution in [-0.4, -0.2) is 41.8 Å². The van der Waals surface area contributed by atoms with E-state index in [0.717, 1.165) is 47.3 Å². The number of anilines is 3. The van der Waals surface area contributed by atoms with E-state index in [1.807, 2.05) is 32.0 Å². The van der Waals surface area contributed by atoms with Crippen molar-refractivity contribution in [2.75, 3.05) is 16.8 Å². The van der Waals surface area contributed by atoms with Gasteiger partial charge in [0.1, 0.15) is 17.2 Å². The Balaban J connectivity index is 1.36. The molecule has 0 bridgehead atoms. The Hall–Kier alpha value is -3.82. The maximum atomic E-state index is 5.68. The summed E-state index contributed by atoms with van der Waals surface area (Å²) < 4.78 is 5.68. The zero-order chi connectivity index (χ0) is 23.2. The van der Waals surface area contributed by atoms with Crippen LogP contribution in [0.15, 0.2) is 35.1 Å². The predicted molar refractivity (Wildman–Crippen MR) is 124 cm³/mol. The molecule has 1 saturated heterocycles. The van der Waals surface area contributed by atoms with Gasteiger partial charge < -0.3 is 14.7 Å². The standard InChI is InChI=1S/C23H27N9O/c1-13-10-19(27-20-12-18(29-30-20)23(3,4)5)28-22(26-13)32-9-6-16(32)17-11-15(31-33-17)21-14(2)24-7-8-25-21/h7-8,10-12,16H,6,9H2,1-5H3,(H2,26,27,28,29,30). The molecule has 1 aliphatic heterocycles. The SMILES string of the molecule is Cc1cc(Nc2cc(C(C)(C)C)[nH]n2)nc(N2CCC2c2cc(-c3nccnc3C)no2)n1. The van der Waals surface area contributed by atoms with Crippen molar-refractivity contribution in [1.82, 2.24) is 35.3 Å². The van der Waals surface area contributed by atoms with Gasteiger partial charge in [-0.25, -0.2) is 4.98 Å². The number of aromatic amines is 1. The molecule has 170 valence electrons. The summed E-state index contributed by atoms with van der Waals surface area (Å²) in [6.07, 6.45) is 4.26. The molecule has 0 aliphatic carbocycles. The summed E-state index contributed by atoms with van der Waals surface area (Å²) in [5.41, 5.74) is 4.14. The van der Waals surface area contributed by atoms with Crippen LogP contribution < -0.4 is 10.2 Å². The van der Waals surface area contributed by atoms with Gasteiger partial charge in [-0.05, 0) is 20.3 Å². The first-order valence-corrected chi connectivity index (χ1v) is 11.0. The van der Waals surface area contributed by atoms with Crippen molar-refractivity contribution >= 4 is 17.6 Å². The Morgan fingerprint density at radius 2 is 1.88 bits per heavy atom. The maximum Gasteiger partial charge on any atom is 0.228 e. The molecule has 10 nitrogen and oxygen atoms in total. The molecular weight excluding hydrogens is 418 g/mol. The number of H-pyrrole nitrogens is 1. The topological polar surface area (TPSA) is 122 Å². The predicted octanol–water partition coefficient (Wildman–Crippen LogP) is 4.25. The van der Waals surface area contributed by atoms with Gasteiger partial charge in [-0.1, -0.05) is 25.9 Å². The molecule has 5 rings (SSSR count). The van der Waals surface area contributed by atoms with Crippen LogP contribution in [0, 0.1) is 13.8 Å². The number of aromatic nitrogens is 7. The van der Waals surface area contributed by atoms with Gasteiger partial charge in [-0.15, -0.1) is 0 Å². The molecule has 0 aromatic carbocycles. The van der Waals surface area contributed by atoms with E-state index in [1.165, 1.54) is 0 Å². The maximum absolute atomic E-state index is 5.68. The molecule has 33 heavy (non-hydrogen) atoms. The summed E-state index contributed by atoms with van der Waals surface area (Å²) in [6, 6.07) is 5.87. The van der Waals surface area contributed by atoms with Crippen molar-refractivity contribution in [2.45, 2.75) is 52.5 Å². The van der Waals surface area contributed by atoms with E-state index in [1.54, 1.807) is 12.4 Å². The summed E-state index contributed by atoms with van der Waals surface area (Å²) in [5.74, 6) is 2.84. The van der Waals surface area contributed by atoms with Crippen LogP contribution in [0.1, 0.15) is 56.1 Å². The summed E-state index contributed by atoms with van der Waals surface area (Å²) in [6.45, 7) is 11.1. The smallest absolute Gasteiger partial charge is 0.228 e. The Labute approximate surface area is 191 Å². The van der Waals surface area contributed by atoms with E-state index >= 15 is 0 Å². The van der Waals surface area contributed by atoms with Crippen LogP contribution in [0.3, 0.4) is 0 Å². The highest BCUT2D eigenvalue weighted by molar-refractivity contribution is 5.58. The molecule has 5 heterocycles. The number of aryl methyl sites for hydroxylation is 2. The monoisotopic (exact) mass is 445 g/mol. The third-order valence-corrected chi connectivity index (χ3v) is 5.74. The molecule has 10 heteroatoms. The fourth-order valence-electron chi connectivity index (χ4n) is 3.79. The first-order valence-electron chi connectivity index (χ1n) is 11.0. The molecule has 0 spiro atoms. The number of nitrogens with zero attached hydrogens (tertiary/aromatic N) is 7. The van der Waals surface area contributed by atoms with E-state index < -0.39 is 0 Å². The average molecular weight is 446 g/mol. The molecule has 1 unspecified atom stereocenters. The first-order chi connectivity index (χ1) is 15.8. The zero-order valence-electron chi connectivity index (χ0n) is 19.4. The quantitative estimate of drug-likeness (QED) is 0.464. The summed E-state index contributed by atoms with van der Waals surface area (Å²) in [7, 11) is 0. The van der Waals surface area contributed by atoms with Crippen molar-refractivity contribution < 1.29 is 4.52 Å². The lowest BCUT2D eigenvalue weighted by atomic mass is 9.92. The number of hydrogen-bond acceptors (Lipinski definition) is 9. The fraction of sp³-hybridized carbons (Fsp3) is 0.391. The third-order valence-electron chi connectivity index (χ3n) is 5.74. The minimum absolute atomic E-state index is 0.00959.